The SMILES string of the molecule is C[C@@H]1C[C@H](O)[C@@H](O)[C@@H](O)C1=O. The Kier molecular flexibility index (Phi) is 2.27. The van der Waals surface area contributed by atoms with E-state index in [1.165, 1.54) is 0 Å². The summed E-state index contributed by atoms with van der Waals surface area (Å²) in [5, 5.41) is 27.1. The highest BCUT2D eigenvalue weighted by atomic mass is 16.4. The van der Waals surface area contributed by atoms with Crippen LogP contribution in [0, 0.1) is 5.92 Å². The molecule has 0 spiro atoms. The molecule has 0 unspecified atom stereocenters. The molecule has 0 amide bonds. The Morgan fingerprint density at radius 3 is 2.45 bits per heavy atom. The van der Waals surface area contributed by atoms with Gasteiger partial charge in [-0.05, 0) is 6.42 Å². The quantitative estimate of drug-likeness (QED) is 0.410. The van der Waals surface area contributed by atoms with Crippen molar-refractivity contribution in [1.29, 1.82) is 0 Å². The molecule has 0 aromatic rings. The molecule has 0 saturated heterocycles. The second-order valence-corrected chi connectivity index (χ2v) is 3.04. The fourth-order valence-electron chi connectivity index (χ4n) is 1.29. The van der Waals surface area contributed by atoms with E-state index >= 15 is 0 Å². The monoisotopic (exact) mass is 160 g/mol. The molecule has 4 nitrogen and oxygen atoms in total. The van der Waals surface area contributed by atoms with Crippen LogP contribution in [0.5, 0.6) is 0 Å². The molecule has 1 aliphatic carbocycles. The summed E-state index contributed by atoms with van der Waals surface area (Å²) in [6.07, 6.45) is -3.46. The van der Waals surface area contributed by atoms with E-state index in [9.17, 15) is 4.79 Å². The summed E-state index contributed by atoms with van der Waals surface area (Å²) in [5.41, 5.74) is 0. The third-order valence-electron chi connectivity index (χ3n) is 2.09. The first kappa shape index (κ1) is 8.64. The molecule has 1 fully saturated rings. The molecular formula is C7H12O4. The highest BCUT2D eigenvalue weighted by molar-refractivity contribution is 5.86. The van der Waals surface area contributed by atoms with Crippen molar-refractivity contribution in [3.63, 3.8) is 0 Å². The van der Waals surface area contributed by atoms with E-state index in [4.69, 9.17) is 15.3 Å². The van der Waals surface area contributed by atoms with Crippen LogP contribution in [-0.4, -0.2) is 39.4 Å². The van der Waals surface area contributed by atoms with Gasteiger partial charge in [0, 0.05) is 5.92 Å². The Balaban J connectivity index is 2.70. The lowest BCUT2D eigenvalue weighted by atomic mass is 9.83. The molecule has 4 atom stereocenters. The van der Waals surface area contributed by atoms with Crippen molar-refractivity contribution in [2.24, 2.45) is 5.92 Å². The Morgan fingerprint density at radius 2 is 1.91 bits per heavy atom. The molecule has 1 saturated carbocycles. The minimum atomic E-state index is -1.41. The van der Waals surface area contributed by atoms with Crippen molar-refractivity contribution < 1.29 is 20.1 Å². The highest BCUT2D eigenvalue weighted by Gasteiger charge is 2.39. The molecular weight excluding hydrogens is 148 g/mol. The smallest absolute Gasteiger partial charge is 0.166 e. The van der Waals surface area contributed by atoms with Gasteiger partial charge in [0.2, 0.25) is 0 Å². The van der Waals surface area contributed by atoms with Gasteiger partial charge >= 0.3 is 0 Å². The lowest BCUT2D eigenvalue weighted by Gasteiger charge is -2.30. The molecule has 1 rings (SSSR count). The van der Waals surface area contributed by atoms with Gasteiger partial charge in [-0.2, -0.15) is 0 Å². The van der Waals surface area contributed by atoms with Gasteiger partial charge in [-0.3, -0.25) is 4.79 Å². The van der Waals surface area contributed by atoms with Crippen LogP contribution in [0.25, 0.3) is 0 Å². The highest BCUT2D eigenvalue weighted by Crippen LogP contribution is 2.21. The maximum atomic E-state index is 11.0. The van der Waals surface area contributed by atoms with Crippen LogP contribution in [0.4, 0.5) is 0 Å². The molecule has 64 valence electrons. The van der Waals surface area contributed by atoms with Gasteiger partial charge in [0.05, 0.1) is 6.10 Å². The van der Waals surface area contributed by atoms with Gasteiger partial charge in [0.1, 0.15) is 12.2 Å². The zero-order valence-corrected chi connectivity index (χ0v) is 6.27. The van der Waals surface area contributed by atoms with Crippen LogP contribution in [-0.2, 0) is 4.79 Å². The summed E-state index contributed by atoms with van der Waals surface area (Å²) in [6.45, 7) is 1.63. The van der Waals surface area contributed by atoms with E-state index in [1.807, 2.05) is 0 Å². The molecule has 1 aliphatic rings. The second kappa shape index (κ2) is 2.89. The first-order chi connectivity index (χ1) is 5.04. The van der Waals surface area contributed by atoms with Crippen LogP contribution in [0.3, 0.4) is 0 Å². The van der Waals surface area contributed by atoms with Crippen molar-refractivity contribution >= 4 is 5.78 Å². The fourth-order valence-corrected chi connectivity index (χ4v) is 1.29. The van der Waals surface area contributed by atoms with E-state index in [0.29, 0.717) is 0 Å². The minimum absolute atomic E-state index is 0.233. The predicted octanol–water partition coefficient (Wildman–Crippen LogP) is -1.32. The van der Waals surface area contributed by atoms with E-state index in [-0.39, 0.29) is 18.1 Å². The normalized spacial score (nSPS) is 46.0. The zero-order chi connectivity index (χ0) is 8.59. The number of rotatable bonds is 0. The predicted molar refractivity (Wildman–Crippen MR) is 36.8 cm³/mol. The summed E-state index contributed by atoms with van der Waals surface area (Å²) in [4.78, 5) is 11.0. The number of carbonyl (C=O) groups is 1. The molecule has 11 heavy (non-hydrogen) atoms. The summed E-state index contributed by atoms with van der Waals surface area (Å²) >= 11 is 0. The Morgan fingerprint density at radius 1 is 1.36 bits per heavy atom. The molecule has 3 N–H and O–H groups in total. The molecule has 0 bridgehead atoms. The fraction of sp³-hybridized carbons (Fsp3) is 0.857. The Bertz CT molecular complexity index is 168. The van der Waals surface area contributed by atoms with Crippen LogP contribution in [0.1, 0.15) is 13.3 Å². The lowest BCUT2D eigenvalue weighted by molar-refractivity contribution is -0.152. The van der Waals surface area contributed by atoms with E-state index in [1.54, 1.807) is 6.92 Å². The van der Waals surface area contributed by atoms with Gasteiger partial charge in [-0.25, -0.2) is 0 Å². The second-order valence-electron chi connectivity index (χ2n) is 3.04. The van der Waals surface area contributed by atoms with Crippen LogP contribution in [0.15, 0.2) is 0 Å². The summed E-state index contributed by atoms with van der Waals surface area (Å²) in [7, 11) is 0. The minimum Gasteiger partial charge on any atom is -0.390 e. The van der Waals surface area contributed by atoms with Crippen LogP contribution in [0.2, 0.25) is 0 Å². The van der Waals surface area contributed by atoms with Crippen molar-refractivity contribution in [2.45, 2.75) is 31.7 Å². The number of aliphatic hydroxyl groups is 3. The van der Waals surface area contributed by atoms with E-state index in [2.05, 4.69) is 0 Å². The number of Topliss-reactive ketones (excluding diaryl/α,β-unsaturated/α-hetero) is 1. The van der Waals surface area contributed by atoms with Gasteiger partial charge in [-0.15, -0.1) is 0 Å². The van der Waals surface area contributed by atoms with Crippen molar-refractivity contribution in [3.8, 4) is 0 Å². The van der Waals surface area contributed by atoms with E-state index in [0.717, 1.165) is 0 Å². The lowest BCUT2D eigenvalue weighted by Crippen LogP contribution is -2.50. The van der Waals surface area contributed by atoms with Crippen LogP contribution < -0.4 is 0 Å². The summed E-state index contributed by atoms with van der Waals surface area (Å²) in [5.74, 6) is -0.744. The Labute approximate surface area is 64.5 Å². The number of carbonyl (C=O) groups excluding carboxylic acids is 1. The molecule has 4 heteroatoms. The largest absolute Gasteiger partial charge is 0.390 e. The molecule has 0 radical (unpaired) electrons. The number of hydrogen-bond donors (Lipinski definition) is 3. The molecule has 0 aromatic carbocycles. The van der Waals surface area contributed by atoms with Crippen LogP contribution >= 0.6 is 0 Å². The maximum absolute atomic E-state index is 11.0. The number of aliphatic hydroxyl groups excluding tert-OH is 3. The average Bonchev–Trinajstić information content (AvgIpc) is 1.97. The van der Waals surface area contributed by atoms with Crippen molar-refractivity contribution in [3.05, 3.63) is 0 Å². The van der Waals surface area contributed by atoms with Gasteiger partial charge in [-0.1, -0.05) is 6.92 Å². The van der Waals surface area contributed by atoms with Crippen molar-refractivity contribution in [2.75, 3.05) is 0 Å². The number of hydrogen-bond acceptors (Lipinski definition) is 4. The third-order valence-corrected chi connectivity index (χ3v) is 2.09. The van der Waals surface area contributed by atoms with E-state index < -0.39 is 18.3 Å². The molecule has 0 aromatic heterocycles. The summed E-state index contributed by atoms with van der Waals surface area (Å²) in [6, 6.07) is 0. The number of ketones is 1. The Hall–Kier alpha value is -0.450. The third kappa shape index (κ3) is 1.42. The topological polar surface area (TPSA) is 77.8 Å². The first-order valence-corrected chi connectivity index (χ1v) is 3.62. The average molecular weight is 160 g/mol. The zero-order valence-electron chi connectivity index (χ0n) is 6.27. The van der Waals surface area contributed by atoms with Gasteiger partial charge in [0.15, 0.2) is 5.78 Å². The molecule has 0 aliphatic heterocycles. The standard InChI is InChI=1S/C7H12O4/c1-3-2-4(8)6(10)7(11)5(3)9/h3-4,6-8,10-11H,2H2,1H3/t3-,4+,6-,7+/m1/s1. The maximum Gasteiger partial charge on any atom is 0.166 e. The van der Waals surface area contributed by atoms with Gasteiger partial charge in [0.25, 0.3) is 0 Å². The van der Waals surface area contributed by atoms with Gasteiger partial charge < -0.3 is 15.3 Å². The first-order valence-electron chi connectivity index (χ1n) is 3.62. The molecule has 0 heterocycles. The van der Waals surface area contributed by atoms with Crippen molar-refractivity contribution in [1.82, 2.24) is 0 Å². The summed E-state index contributed by atoms with van der Waals surface area (Å²) < 4.78 is 0.